The molecule has 3 heterocycles. The fourth-order valence-electron chi connectivity index (χ4n) is 3.21. The highest BCUT2D eigenvalue weighted by Crippen LogP contribution is 2.35. The van der Waals surface area contributed by atoms with Gasteiger partial charge in [0.05, 0.1) is 19.4 Å². The summed E-state index contributed by atoms with van der Waals surface area (Å²) in [6.45, 7) is 0.499. The number of amidine groups is 1. The van der Waals surface area contributed by atoms with Gasteiger partial charge in [-0.05, 0) is 0 Å². The Labute approximate surface area is 144 Å². The van der Waals surface area contributed by atoms with Crippen LogP contribution in [0.1, 0.15) is 5.56 Å². The van der Waals surface area contributed by atoms with E-state index >= 15 is 0 Å². The van der Waals surface area contributed by atoms with Gasteiger partial charge in [-0.1, -0.05) is 30.3 Å². The zero-order valence-electron chi connectivity index (χ0n) is 14.0. The summed E-state index contributed by atoms with van der Waals surface area (Å²) < 4.78 is 10.8. The molecule has 130 valence electrons. The summed E-state index contributed by atoms with van der Waals surface area (Å²) in [5.41, 5.74) is 0.903. The number of hydrogen-bond acceptors (Lipinski definition) is 6. The van der Waals surface area contributed by atoms with E-state index in [1.807, 2.05) is 30.3 Å². The lowest BCUT2D eigenvalue weighted by atomic mass is 10.1. The van der Waals surface area contributed by atoms with Gasteiger partial charge in [0, 0.05) is 19.7 Å². The van der Waals surface area contributed by atoms with E-state index in [1.54, 1.807) is 18.1 Å². The van der Waals surface area contributed by atoms with Gasteiger partial charge in [-0.15, -0.1) is 0 Å². The first-order chi connectivity index (χ1) is 12.1. The lowest BCUT2D eigenvalue weighted by Crippen LogP contribution is -2.64. The number of fused-ring (bicyclic) bond motifs is 3. The summed E-state index contributed by atoms with van der Waals surface area (Å²) in [5.74, 6) is 0.339. The van der Waals surface area contributed by atoms with Crippen LogP contribution in [-0.2, 0) is 14.3 Å². The van der Waals surface area contributed by atoms with Gasteiger partial charge in [-0.25, -0.2) is 9.79 Å². The predicted molar refractivity (Wildman–Crippen MR) is 89.1 cm³/mol. The Balaban J connectivity index is 1.63. The van der Waals surface area contributed by atoms with Crippen molar-refractivity contribution in [3.8, 4) is 0 Å². The van der Waals surface area contributed by atoms with Crippen molar-refractivity contribution in [2.75, 3.05) is 27.3 Å². The van der Waals surface area contributed by atoms with Crippen LogP contribution in [0.3, 0.4) is 0 Å². The maximum atomic E-state index is 12.9. The van der Waals surface area contributed by atoms with E-state index in [4.69, 9.17) is 9.47 Å². The molecule has 0 aliphatic carbocycles. The van der Waals surface area contributed by atoms with Crippen molar-refractivity contribution in [1.29, 1.82) is 0 Å². The standard InChI is InChI=1S/C17H18N4O4/c1-19-14-13(15(22)20(17(19)23)8-9-24-2)21-10-12(25-16(21)18-14)11-6-4-3-5-7-11/h3-7,10,13-14H,8-9H2,1-2H3. The second kappa shape index (κ2) is 5.89. The van der Waals surface area contributed by atoms with Gasteiger partial charge in [0.1, 0.15) is 0 Å². The van der Waals surface area contributed by atoms with Crippen molar-refractivity contribution in [1.82, 2.24) is 14.7 Å². The molecule has 1 aromatic carbocycles. The number of rotatable bonds is 4. The van der Waals surface area contributed by atoms with Crippen molar-refractivity contribution in [2.45, 2.75) is 12.2 Å². The summed E-state index contributed by atoms with van der Waals surface area (Å²) >= 11 is 0. The van der Waals surface area contributed by atoms with Crippen LogP contribution in [0.5, 0.6) is 0 Å². The Morgan fingerprint density at radius 3 is 2.72 bits per heavy atom. The van der Waals surface area contributed by atoms with Gasteiger partial charge in [0.25, 0.3) is 11.9 Å². The molecule has 0 spiro atoms. The van der Waals surface area contributed by atoms with Crippen molar-refractivity contribution in [2.24, 2.45) is 4.99 Å². The molecular weight excluding hydrogens is 324 g/mol. The normalized spacial score (nSPS) is 24.8. The summed E-state index contributed by atoms with van der Waals surface area (Å²) in [7, 11) is 3.17. The molecule has 8 nitrogen and oxygen atoms in total. The molecule has 8 heteroatoms. The third-order valence-electron chi connectivity index (χ3n) is 4.53. The van der Waals surface area contributed by atoms with Crippen LogP contribution in [0.2, 0.25) is 0 Å². The number of aliphatic imine (C=N–C) groups is 1. The number of hydrogen-bond donors (Lipinski definition) is 0. The van der Waals surface area contributed by atoms with Crippen LogP contribution in [0, 0.1) is 0 Å². The van der Waals surface area contributed by atoms with Gasteiger partial charge in [0.2, 0.25) is 0 Å². The number of carbonyl (C=O) groups is 2. The number of ether oxygens (including phenoxy) is 2. The SMILES string of the molecule is COCCN1C(=O)C2C(N=C3OC(c4ccccc4)=CN32)N(C)C1=O. The minimum atomic E-state index is -0.615. The Kier molecular flexibility index (Phi) is 3.69. The molecule has 0 radical (unpaired) electrons. The molecule has 0 aromatic heterocycles. The molecule has 25 heavy (non-hydrogen) atoms. The number of likely N-dealkylation sites (N-methyl/N-ethyl adjacent to an activating group) is 1. The average molecular weight is 342 g/mol. The first-order valence-electron chi connectivity index (χ1n) is 8.00. The van der Waals surface area contributed by atoms with Crippen LogP contribution >= 0.6 is 0 Å². The first-order valence-corrected chi connectivity index (χ1v) is 8.00. The molecule has 2 unspecified atom stereocenters. The second-order valence-electron chi connectivity index (χ2n) is 6.01. The molecule has 3 aliphatic rings. The molecule has 3 aliphatic heterocycles. The van der Waals surface area contributed by atoms with E-state index in [0.29, 0.717) is 11.8 Å². The maximum absolute atomic E-state index is 12.9. The molecular formula is C17H18N4O4. The number of nitrogens with zero attached hydrogens (tertiary/aromatic N) is 4. The van der Waals surface area contributed by atoms with E-state index in [9.17, 15) is 9.59 Å². The number of carbonyl (C=O) groups excluding carboxylic acids is 2. The molecule has 0 N–H and O–H groups in total. The fourth-order valence-corrected chi connectivity index (χ4v) is 3.21. The summed E-state index contributed by atoms with van der Waals surface area (Å²) in [6, 6.07) is 8.96. The number of amides is 3. The van der Waals surface area contributed by atoms with E-state index in [1.165, 1.54) is 16.9 Å². The molecule has 1 fully saturated rings. The minimum absolute atomic E-state index is 0.209. The van der Waals surface area contributed by atoms with Crippen molar-refractivity contribution >= 4 is 23.7 Å². The molecule has 1 saturated heterocycles. The van der Waals surface area contributed by atoms with Crippen molar-refractivity contribution in [3.63, 3.8) is 0 Å². The highest BCUT2D eigenvalue weighted by molar-refractivity contribution is 6.04. The number of benzene rings is 1. The van der Waals surface area contributed by atoms with Gasteiger partial charge in [-0.2, -0.15) is 0 Å². The second-order valence-corrected chi connectivity index (χ2v) is 6.01. The van der Waals surface area contributed by atoms with Gasteiger partial charge in [-0.3, -0.25) is 14.6 Å². The quantitative estimate of drug-likeness (QED) is 0.813. The average Bonchev–Trinajstić information content (AvgIpc) is 3.18. The minimum Gasteiger partial charge on any atom is -0.423 e. The van der Waals surface area contributed by atoms with Crippen LogP contribution in [-0.4, -0.2) is 72.2 Å². The van der Waals surface area contributed by atoms with E-state index in [0.717, 1.165) is 5.56 Å². The maximum Gasteiger partial charge on any atom is 0.328 e. The number of methoxy groups -OCH3 is 1. The molecule has 2 atom stereocenters. The van der Waals surface area contributed by atoms with Gasteiger partial charge in [0.15, 0.2) is 18.0 Å². The molecule has 3 amide bonds. The predicted octanol–water partition coefficient (Wildman–Crippen LogP) is 0.922. The third kappa shape index (κ3) is 2.37. The molecule has 1 aromatic rings. The summed E-state index contributed by atoms with van der Waals surface area (Å²) in [6.07, 6.45) is 1.19. The lowest BCUT2D eigenvalue weighted by Gasteiger charge is -2.39. The molecule has 0 bridgehead atoms. The highest BCUT2D eigenvalue weighted by Gasteiger charge is 2.53. The molecule has 4 rings (SSSR count). The van der Waals surface area contributed by atoms with Crippen molar-refractivity contribution < 1.29 is 19.1 Å². The smallest absolute Gasteiger partial charge is 0.328 e. The first kappa shape index (κ1) is 15.6. The van der Waals surface area contributed by atoms with Gasteiger partial charge >= 0.3 is 6.03 Å². The van der Waals surface area contributed by atoms with Crippen LogP contribution < -0.4 is 0 Å². The van der Waals surface area contributed by atoms with Crippen LogP contribution in [0.4, 0.5) is 4.79 Å². The zero-order chi connectivity index (χ0) is 17.6. The van der Waals surface area contributed by atoms with E-state index in [2.05, 4.69) is 4.99 Å². The lowest BCUT2D eigenvalue weighted by molar-refractivity contribution is -0.137. The van der Waals surface area contributed by atoms with E-state index in [-0.39, 0.29) is 25.1 Å². The topological polar surface area (TPSA) is 74.7 Å². The largest absolute Gasteiger partial charge is 0.423 e. The zero-order valence-corrected chi connectivity index (χ0v) is 14.0. The van der Waals surface area contributed by atoms with Crippen molar-refractivity contribution in [3.05, 3.63) is 42.1 Å². The Hall–Kier alpha value is -2.87. The van der Waals surface area contributed by atoms with E-state index < -0.39 is 12.2 Å². The summed E-state index contributed by atoms with van der Waals surface area (Å²) in [5, 5.41) is 0. The van der Waals surface area contributed by atoms with Crippen LogP contribution in [0.25, 0.3) is 5.76 Å². The fraction of sp³-hybridized carbons (Fsp3) is 0.353. The van der Waals surface area contributed by atoms with Crippen LogP contribution in [0.15, 0.2) is 41.5 Å². The number of imide groups is 1. The number of urea groups is 1. The summed E-state index contributed by atoms with van der Waals surface area (Å²) in [4.78, 5) is 34.1. The highest BCUT2D eigenvalue weighted by atomic mass is 16.5. The Morgan fingerprint density at radius 1 is 1.24 bits per heavy atom. The van der Waals surface area contributed by atoms with Gasteiger partial charge < -0.3 is 14.4 Å². The Bertz CT molecular complexity index is 776. The Morgan fingerprint density at radius 2 is 2.00 bits per heavy atom. The third-order valence-corrected chi connectivity index (χ3v) is 4.53. The molecule has 0 saturated carbocycles. The monoisotopic (exact) mass is 342 g/mol.